The fourth-order valence-corrected chi connectivity index (χ4v) is 5.33. The number of aliphatic hydroxyl groups excluding tert-OH is 4. The molecule has 3 rings (SSSR count). The number of nitrogens with zero attached hydrogens (tertiary/aromatic N) is 2. The van der Waals surface area contributed by atoms with Crippen LogP contribution < -0.4 is 0 Å². The number of phenols is 3. The molecular formula is C26H34N2O11. The van der Waals surface area contributed by atoms with Gasteiger partial charge in [0.15, 0.2) is 0 Å². The first-order valence-electron chi connectivity index (χ1n) is 12.2. The van der Waals surface area contributed by atoms with E-state index in [1.165, 1.54) is 23.1 Å². The van der Waals surface area contributed by atoms with Crippen LogP contribution in [0.1, 0.15) is 40.7 Å². The van der Waals surface area contributed by atoms with E-state index in [1.807, 2.05) is 0 Å². The summed E-state index contributed by atoms with van der Waals surface area (Å²) in [6.45, 7) is -1.52. The molecule has 0 amide bonds. The van der Waals surface area contributed by atoms with E-state index >= 15 is 0 Å². The van der Waals surface area contributed by atoms with Gasteiger partial charge in [0.1, 0.15) is 17.2 Å². The van der Waals surface area contributed by atoms with Gasteiger partial charge in [0.05, 0.1) is 51.0 Å². The molecule has 0 aliphatic carbocycles. The number of carbonyl (C=O) groups is 2. The van der Waals surface area contributed by atoms with Crippen LogP contribution in [0.15, 0.2) is 24.3 Å². The molecule has 0 fully saturated rings. The molecule has 0 aromatic heterocycles. The fourth-order valence-electron chi connectivity index (χ4n) is 5.33. The summed E-state index contributed by atoms with van der Waals surface area (Å²) in [4.78, 5) is 27.0. The molecule has 0 radical (unpaired) electrons. The standard InChI is InChI=1S/C26H34N2O11/c1-13-25(26(38)39)18-5-23(35)16(9-29)2-14(18)7-28(13)20(12-32)19(11-31)27(8-24(36)37)6-15-3-22(34)17(10-30)4-21(15)33/h2-5,13,19-20,25,29-35H,6-12H2,1H3,(H,36,37)(H,38,39)/t13-,19-,20?,25-/m1/s1. The zero-order valence-electron chi connectivity index (χ0n) is 21.3. The third-order valence-corrected chi connectivity index (χ3v) is 7.35. The van der Waals surface area contributed by atoms with Crippen molar-refractivity contribution in [2.24, 2.45) is 0 Å². The molecule has 2 aromatic rings. The Hall–Kier alpha value is -3.46. The van der Waals surface area contributed by atoms with E-state index in [-0.39, 0.29) is 47.0 Å². The average Bonchev–Trinajstić information content (AvgIpc) is 2.87. The maximum atomic E-state index is 12.3. The fraction of sp³-hybridized carbons (Fsp3) is 0.462. The van der Waals surface area contributed by atoms with E-state index in [0.29, 0.717) is 11.1 Å². The Morgan fingerprint density at radius 2 is 1.46 bits per heavy atom. The van der Waals surface area contributed by atoms with Gasteiger partial charge in [0.25, 0.3) is 0 Å². The SMILES string of the molecule is C[C@@H]1[C@@H](C(=O)O)c2cc(O)c(CO)cc2CN1C(CO)[C@@H](CO)N(CC(=O)O)Cc1cc(O)c(CO)cc1O. The van der Waals surface area contributed by atoms with E-state index in [2.05, 4.69) is 0 Å². The highest BCUT2D eigenvalue weighted by molar-refractivity contribution is 5.78. The molecule has 13 nitrogen and oxygen atoms in total. The highest BCUT2D eigenvalue weighted by Crippen LogP contribution is 2.39. The molecule has 2 aromatic carbocycles. The van der Waals surface area contributed by atoms with Crippen LogP contribution >= 0.6 is 0 Å². The monoisotopic (exact) mass is 550 g/mol. The van der Waals surface area contributed by atoms with Gasteiger partial charge in [-0.2, -0.15) is 0 Å². The highest BCUT2D eigenvalue weighted by Gasteiger charge is 2.43. The summed E-state index contributed by atoms with van der Waals surface area (Å²) in [5.41, 5.74) is 1.15. The number of aliphatic carboxylic acids is 2. The summed E-state index contributed by atoms with van der Waals surface area (Å²) in [6.07, 6.45) is 0. The number of aliphatic hydroxyl groups is 4. The summed E-state index contributed by atoms with van der Waals surface area (Å²) in [6, 6.07) is 2.25. The van der Waals surface area contributed by atoms with Crippen LogP contribution in [0.2, 0.25) is 0 Å². The number of fused-ring (bicyclic) bond motifs is 1. The van der Waals surface area contributed by atoms with Crippen molar-refractivity contribution in [1.29, 1.82) is 0 Å². The van der Waals surface area contributed by atoms with Crippen molar-refractivity contribution >= 4 is 11.9 Å². The smallest absolute Gasteiger partial charge is 0.317 e. The quantitative estimate of drug-likeness (QED) is 0.152. The lowest BCUT2D eigenvalue weighted by Crippen LogP contribution is -2.60. The van der Waals surface area contributed by atoms with Gasteiger partial charge in [-0.05, 0) is 42.3 Å². The Labute approximate surface area is 224 Å². The van der Waals surface area contributed by atoms with Crippen LogP contribution in [0.25, 0.3) is 0 Å². The van der Waals surface area contributed by atoms with Crippen molar-refractivity contribution in [2.45, 2.75) is 57.3 Å². The molecule has 4 atom stereocenters. The molecule has 13 heteroatoms. The van der Waals surface area contributed by atoms with Gasteiger partial charge in [-0.3, -0.25) is 19.4 Å². The van der Waals surface area contributed by atoms with Crippen molar-refractivity contribution in [3.8, 4) is 17.2 Å². The number of hydrogen-bond acceptors (Lipinski definition) is 11. The topological polar surface area (TPSA) is 223 Å². The molecule has 0 bridgehead atoms. The lowest BCUT2D eigenvalue weighted by atomic mass is 9.81. The zero-order chi connectivity index (χ0) is 29.0. The number of benzene rings is 2. The largest absolute Gasteiger partial charge is 0.508 e. The number of carboxylic acid groups (broad SMARTS) is 2. The van der Waals surface area contributed by atoms with E-state index in [1.54, 1.807) is 11.8 Å². The first-order chi connectivity index (χ1) is 18.5. The Kier molecular flexibility index (Phi) is 9.72. The van der Waals surface area contributed by atoms with E-state index in [4.69, 9.17) is 0 Å². The van der Waals surface area contributed by atoms with Gasteiger partial charge in [0, 0.05) is 35.8 Å². The molecular weight excluding hydrogens is 516 g/mol. The van der Waals surface area contributed by atoms with Crippen molar-refractivity contribution in [1.82, 2.24) is 9.80 Å². The first kappa shape index (κ1) is 30.1. The number of carboxylic acids is 2. The molecule has 1 aliphatic heterocycles. The minimum atomic E-state index is -1.27. The van der Waals surface area contributed by atoms with Crippen LogP contribution in [0, 0.1) is 0 Å². The normalized spacial score (nSPS) is 19.0. The molecule has 1 aliphatic rings. The maximum absolute atomic E-state index is 12.3. The number of aromatic hydroxyl groups is 3. The Morgan fingerprint density at radius 3 is 2.00 bits per heavy atom. The maximum Gasteiger partial charge on any atom is 0.317 e. The molecule has 1 heterocycles. The molecule has 39 heavy (non-hydrogen) atoms. The molecule has 1 unspecified atom stereocenters. The van der Waals surface area contributed by atoms with Crippen LogP contribution in [0.4, 0.5) is 0 Å². The van der Waals surface area contributed by atoms with Crippen molar-refractivity contribution in [2.75, 3.05) is 19.8 Å². The minimum absolute atomic E-state index is 0.0572. The Balaban J connectivity index is 2.04. The predicted molar refractivity (Wildman–Crippen MR) is 135 cm³/mol. The molecule has 0 spiro atoms. The van der Waals surface area contributed by atoms with Crippen LogP contribution in [-0.4, -0.2) is 106 Å². The van der Waals surface area contributed by atoms with E-state index in [0.717, 1.165) is 6.07 Å². The average molecular weight is 551 g/mol. The molecule has 214 valence electrons. The third kappa shape index (κ3) is 6.24. The number of hydrogen-bond donors (Lipinski definition) is 9. The zero-order valence-corrected chi connectivity index (χ0v) is 21.3. The summed E-state index contributed by atoms with van der Waals surface area (Å²) in [5, 5.41) is 90.2. The van der Waals surface area contributed by atoms with Crippen LogP contribution in [0.5, 0.6) is 17.2 Å². The van der Waals surface area contributed by atoms with Gasteiger partial charge in [-0.25, -0.2) is 0 Å². The second kappa shape index (κ2) is 12.6. The molecule has 9 N–H and O–H groups in total. The Bertz CT molecular complexity index is 1200. The summed E-state index contributed by atoms with van der Waals surface area (Å²) < 4.78 is 0. The minimum Gasteiger partial charge on any atom is -0.508 e. The van der Waals surface area contributed by atoms with Gasteiger partial charge >= 0.3 is 11.9 Å². The van der Waals surface area contributed by atoms with Crippen molar-refractivity contribution in [3.63, 3.8) is 0 Å². The van der Waals surface area contributed by atoms with Gasteiger partial charge in [-0.15, -0.1) is 0 Å². The van der Waals surface area contributed by atoms with Gasteiger partial charge in [0.2, 0.25) is 0 Å². The second-order valence-electron chi connectivity index (χ2n) is 9.63. The summed E-state index contributed by atoms with van der Waals surface area (Å²) in [7, 11) is 0. The van der Waals surface area contributed by atoms with Gasteiger partial charge < -0.3 is 46.0 Å². The van der Waals surface area contributed by atoms with Gasteiger partial charge in [-0.1, -0.05) is 0 Å². The van der Waals surface area contributed by atoms with E-state index in [9.17, 15) is 55.5 Å². The van der Waals surface area contributed by atoms with Crippen molar-refractivity contribution < 1.29 is 55.5 Å². The summed E-state index contributed by atoms with van der Waals surface area (Å²) >= 11 is 0. The summed E-state index contributed by atoms with van der Waals surface area (Å²) in [5.74, 6) is -4.53. The number of rotatable bonds is 12. The predicted octanol–water partition coefficient (Wildman–Crippen LogP) is -0.531. The number of phenolic OH excluding ortho intramolecular Hbond substituents is 1. The lowest BCUT2D eigenvalue weighted by molar-refractivity contribution is -0.142. The Morgan fingerprint density at radius 1 is 0.897 bits per heavy atom. The van der Waals surface area contributed by atoms with Crippen LogP contribution in [-0.2, 0) is 35.9 Å². The van der Waals surface area contributed by atoms with Crippen LogP contribution in [0.3, 0.4) is 0 Å². The second-order valence-corrected chi connectivity index (χ2v) is 9.63. The van der Waals surface area contributed by atoms with Crippen molar-refractivity contribution in [3.05, 3.63) is 52.1 Å². The molecule has 0 saturated heterocycles. The lowest BCUT2D eigenvalue weighted by Gasteiger charge is -2.47. The third-order valence-electron chi connectivity index (χ3n) is 7.35. The highest BCUT2D eigenvalue weighted by atomic mass is 16.4. The van der Waals surface area contributed by atoms with E-state index < -0.39 is 69.0 Å². The molecule has 0 saturated carbocycles. The first-order valence-corrected chi connectivity index (χ1v) is 12.2.